The van der Waals surface area contributed by atoms with Gasteiger partial charge in [0.2, 0.25) is 0 Å². The number of nitro benzene ring substituents is 1. The van der Waals surface area contributed by atoms with Gasteiger partial charge in [-0.1, -0.05) is 12.1 Å². The number of hydrogen-bond acceptors (Lipinski definition) is 7. The van der Waals surface area contributed by atoms with Crippen LogP contribution in [-0.4, -0.2) is 69.3 Å². The van der Waals surface area contributed by atoms with Crippen molar-refractivity contribution in [1.29, 1.82) is 0 Å². The van der Waals surface area contributed by atoms with Crippen LogP contribution >= 0.6 is 0 Å². The Morgan fingerprint density at radius 1 is 1.23 bits per heavy atom. The molecule has 3 rings (SSSR count). The summed E-state index contributed by atoms with van der Waals surface area (Å²) in [5.41, 5.74) is 1.64. The second-order valence-corrected chi connectivity index (χ2v) is 7.49. The highest BCUT2D eigenvalue weighted by atomic mass is 16.6. The van der Waals surface area contributed by atoms with Crippen molar-refractivity contribution in [2.45, 2.75) is 6.54 Å². The lowest BCUT2D eigenvalue weighted by molar-refractivity contribution is -0.384. The lowest BCUT2D eigenvalue weighted by atomic mass is 10.1. The van der Waals surface area contributed by atoms with Crippen molar-refractivity contribution >= 4 is 17.3 Å². The normalized spacial score (nSPS) is 14.1. The molecule has 0 atom stereocenters. The number of rotatable bonds is 9. The molecule has 0 spiro atoms. The maximum atomic E-state index is 12.7. The van der Waals surface area contributed by atoms with E-state index in [9.17, 15) is 14.9 Å². The number of nitrogens with zero attached hydrogens (tertiary/aromatic N) is 3. The van der Waals surface area contributed by atoms with Gasteiger partial charge in [-0.05, 0) is 23.8 Å². The fourth-order valence-electron chi connectivity index (χ4n) is 3.35. The van der Waals surface area contributed by atoms with Crippen LogP contribution in [0, 0.1) is 10.1 Å². The molecule has 1 heterocycles. The quantitative estimate of drug-likeness (QED) is 0.483. The van der Waals surface area contributed by atoms with Gasteiger partial charge in [-0.15, -0.1) is 0 Å². The standard InChI is InChI=1S/C22H28N4O5/c1-24(2)21-7-6-18(26(28)29)15-20(21)22(27)23-16-17-4-3-5-19(14-17)31-13-10-25-8-11-30-12-9-25/h3-7,14-15H,8-13,16H2,1-2H3,(H,23,27). The first-order valence-corrected chi connectivity index (χ1v) is 10.2. The minimum atomic E-state index is -0.506. The first kappa shape index (κ1) is 22.5. The van der Waals surface area contributed by atoms with E-state index in [1.54, 1.807) is 25.1 Å². The minimum Gasteiger partial charge on any atom is -0.492 e. The van der Waals surface area contributed by atoms with Crippen molar-refractivity contribution in [2.24, 2.45) is 0 Å². The number of benzene rings is 2. The number of nitro groups is 1. The van der Waals surface area contributed by atoms with Crippen LogP contribution in [0.4, 0.5) is 11.4 Å². The molecule has 0 unspecified atom stereocenters. The Balaban J connectivity index is 1.58. The summed E-state index contributed by atoms with van der Waals surface area (Å²) < 4.78 is 11.2. The van der Waals surface area contributed by atoms with Crippen molar-refractivity contribution < 1.29 is 19.2 Å². The topological polar surface area (TPSA) is 97.2 Å². The van der Waals surface area contributed by atoms with E-state index in [4.69, 9.17) is 9.47 Å². The summed E-state index contributed by atoms with van der Waals surface area (Å²) >= 11 is 0. The Labute approximate surface area is 181 Å². The van der Waals surface area contributed by atoms with Crippen LogP contribution in [-0.2, 0) is 11.3 Å². The Morgan fingerprint density at radius 3 is 2.71 bits per heavy atom. The highest BCUT2D eigenvalue weighted by Crippen LogP contribution is 2.24. The molecule has 1 fully saturated rings. The predicted octanol–water partition coefficient (Wildman–Crippen LogP) is 2.30. The molecule has 166 valence electrons. The molecule has 31 heavy (non-hydrogen) atoms. The van der Waals surface area contributed by atoms with Gasteiger partial charge >= 0.3 is 0 Å². The molecule has 2 aromatic rings. The SMILES string of the molecule is CN(C)c1ccc([N+](=O)[O-])cc1C(=O)NCc1cccc(OCCN2CCOCC2)c1. The average molecular weight is 428 g/mol. The number of carbonyl (C=O) groups is 1. The van der Waals surface area contributed by atoms with Gasteiger partial charge in [0.25, 0.3) is 11.6 Å². The van der Waals surface area contributed by atoms with E-state index >= 15 is 0 Å². The van der Waals surface area contributed by atoms with Gasteiger partial charge in [-0.25, -0.2) is 0 Å². The maximum Gasteiger partial charge on any atom is 0.270 e. The Kier molecular flexibility index (Phi) is 7.80. The van der Waals surface area contributed by atoms with Gasteiger partial charge in [0, 0.05) is 58.1 Å². The summed E-state index contributed by atoms with van der Waals surface area (Å²) in [4.78, 5) is 27.4. The largest absolute Gasteiger partial charge is 0.492 e. The molecule has 0 bridgehead atoms. The van der Waals surface area contributed by atoms with Gasteiger partial charge in [0.15, 0.2) is 0 Å². The summed E-state index contributed by atoms with van der Waals surface area (Å²) in [6.45, 7) is 5.06. The van der Waals surface area contributed by atoms with E-state index < -0.39 is 4.92 Å². The van der Waals surface area contributed by atoms with Crippen molar-refractivity contribution in [2.75, 3.05) is 58.5 Å². The van der Waals surface area contributed by atoms with Gasteiger partial charge in [-0.3, -0.25) is 19.8 Å². The fourth-order valence-corrected chi connectivity index (χ4v) is 3.35. The maximum absolute atomic E-state index is 12.7. The zero-order valence-electron chi connectivity index (χ0n) is 17.9. The fraction of sp³-hybridized carbons (Fsp3) is 0.409. The summed E-state index contributed by atoms with van der Waals surface area (Å²) in [6.07, 6.45) is 0. The molecule has 1 amide bonds. The highest BCUT2D eigenvalue weighted by Gasteiger charge is 2.18. The highest BCUT2D eigenvalue weighted by molar-refractivity contribution is 6.00. The molecule has 0 saturated carbocycles. The van der Waals surface area contributed by atoms with Crippen molar-refractivity contribution in [3.05, 3.63) is 63.7 Å². The van der Waals surface area contributed by atoms with Crippen LogP contribution in [0.5, 0.6) is 5.75 Å². The van der Waals surface area contributed by atoms with E-state index in [0.717, 1.165) is 44.2 Å². The number of anilines is 1. The zero-order valence-corrected chi connectivity index (χ0v) is 17.9. The van der Waals surface area contributed by atoms with Crippen LogP contribution in [0.3, 0.4) is 0 Å². The number of nitrogens with one attached hydrogen (secondary N) is 1. The Morgan fingerprint density at radius 2 is 2.00 bits per heavy atom. The van der Waals surface area contributed by atoms with Crippen molar-refractivity contribution in [3.8, 4) is 5.75 Å². The van der Waals surface area contributed by atoms with Gasteiger partial charge in [0.1, 0.15) is 12.4 Å². The van der Waals surface area contributed by atoms with Crippen LogP contribution < -0.4 is 15.0 Å². The number of ether oxygens (including phenoxy) is 2. The van der Waals surface area contributed by atoms with E-state index in [1.807, 2.05) is 24.3 Å². The molecule has 1 saturated heterocycles. The predicted molar refractivity (Wildman–Crippen MR) is 118 cm³/mol. The molecule has 9 heteroatoms. The molecular formula is C22H28N4O5. The van der Waals surface area contributed by atoms with Crippen LogP contribution in [0.1, 0.15) is 15.9 Å². The van der Waals surface area contributed by atoms with Gasteiger partial charge in [0.05, 0.1) is 23.7 Å². The second kappa shape index (κ2) is 10.7. The smallest absolute Gasteiger partial charge is 0.270 e. The molecule has 0 aromatic heterocycles. The van der Waals surface area contributed by atoms with Crippen LogP contribution in [0.2, 0.25) is 0 Å². The Bertz CT molecular complexity index is 913. The Hall–Kier alpha value is -3.17. The van der Waals surface area contributed by atoms with Crippen molar-refractivity contribution in [1.82, 2.24) is 10.2 Å². The summed E-state index contributed by atoms with van der Waals surface area (Å²) in [5, 5.41) is 13.9. The molecule has 1 aliphatic heterocycles. The molecule has 1 N–H and O–H groups in total. The number of non-ortho nitro benzene ring substituents is 1. The summed E-state index contributed by atoms with van der Waals surface area (Å²) in [7, 11) is 3.57. The number of morpholine rings is 1. The van der Waals surface area contributed by atoms with E-state index in [0.29, 0.717) is 12.3 Å². The molecule has 2 aromatic carbocycles. The minimum absolute atomic E-state index is 0.119. The lowest BCUT2D eigenvalue weighted by Gasteiger charge is -2.26. The van der Waals surface area contributed by atoms with Crippen molar-refractivity contribution in [3.63, 3.8) is 0 Å². The lowest BCUT2D eigenvalue weighted by Crippen LogP contribution is -2.38. The summed E-state index contributed by atoms with van der Waals surface area (Å²) in [5.74, 6) is 0.371. The first-order chi connectivity index (χ1) is 14.9. The average Bonchev–Trinajstić information content (AvgIpc) is 2.78. The van der Waals surface area contributed by atoms with E-state index in [2.05, 4.69) is 10.2 Å². The first-order valence-electron chi connectivity index (χ1n) is 10.2. The molecule has 1 aliphatic rings. The van der Waals surface area contributed by atoms with Gasteiger partial charge < -0.3 is 19.7 Å². The van der Waals surface area contributed by atoms with Gasteiger partial charge in [-0.2, -0.15) is 0 Å². The third-order valence-electron chi connectivity index (χ3n) is 5.05. The molecule has 0 aliphatic carbocycles. The molecule has 0 radical (unpaired) electrons. The third kappa shape index (κ3) is 6.40. The second-order valence-electron chi connectivity index (χ2n) is 7.49. The number of carbonyl (C=O) groups excluding carboxylic acids is 1. The van der Waals surface area contributed by atoms with Crippen LogP contribution in [0.15, 0.2) is 42.5 Å². The van der Waals surface area contributed by atoms with Crippen LogP contribution in [0.25, 0.3) is 0 Å². The zero-order chi connectivity index (χ0) is 22.2. The summed E-state index contributed by atoms with van der Waals surface area (Å²) in [6, 6.07) is 11.8. The molecule has 9 nitrogen and oxygen atoms in total. The number of hydrogen-bond donors (Lipinski definition) is 1. The van der Waals surface area contributed by atoms with E-state index in [1.165, 1.54) is 12.1 Å². The molecular weight excluding hydrogens is 400 g/mol. The third-order valence-corrected chi connectivity index (χ3v) is 5.05. The monoisotopic (exact) mass is 428 g/mol. The van der Waals surface area contributed by atoms with E-state index in [-0.39, 0.29) is 23.7 Å². The number of amides is 1.